The van der Waals surface area contributed by atoms with Crippen LogP contribution in [0.1, 0.15) is 5.56 Å². The van der Waals surface area contributed by atoms with Gasteiger partial charge in [-0.15, -0.1) is 0 Å². The van der Waals surface area contributed by atoms with Gasteiger partial charge in [0.25, 0.3) is 0 Å². The molecule has 82 valence electrons. The van der Waals surface area contributed by atoms with Crippen LogP contribution in [0.5, 0.6) is 0 Å². The van der Waals surface area contributed by atoms with Gasteiger partial charge in [-0.3, -0.25) is 0 Å². The van der Waals surface area contributed by atoms with E-state index in [1.54, 1.807) is 16.7 Å². The Bertz CT molecular complexity index is 601. The molecule has 0 bridgehead atoms. The van der Waals surface area contributed by atoms with Crippen molar-refractivity contribution in [3.05, 3.63) is 62.9 Å². The molecule has 16 heavy (non-hydrogen) atoms. The third-order valence-electron chi connectivity index (χ3n) is 2.04. The van der Waals surface area contributed by atoms with Crippen LogP contribution in [0.25, 0.3) is 0 Å². The fourth-order valence-electron chi connectivity index (χ4n) is 1.21. The van der Waals surface area contributed by atoms with Gasteiger partial charge in [0.05, 0.1) is 0 Å². The van der Waals surface area contributed by atoms with E-state index < -0.39 is 0 Å². The zero-order valence-corrected chi connectivity index (χ0v) is 10.3. The minimum atomic E-state index is -0.348. The summed E-state index contributed by atoms with van der Waals surface area (Å²) in [7, 11) is 0. The Labute approximate surface area is 98.3 Å². The quantitative estimate of drug-likeness (QED) is 0.764. The molecule has 0 saturated carbocycles. The van der Waals surface area contributed by atoms with E-state index >= 15 is 0 Å². The third kappa shape index (κ3) is 2.32. The summed E-state index contributed by atoms with van der Waals surface area (Å²) in [4.78, 5) is 25.0. The Kier molecular flexibility index (Phi) is 3.08. The second-order valence-electron chi connectivity index (χ2n) is 3.30. The summed E-state index contributed by atoms with van der Waals surface area (Å²) < 4.78 is 2.64. The number of hydrogen-bond donors (Lipinski definition) is 1. The summed E-state index contributed by atoms with van der Waals surface area (Å²) in [6, 6.07) is 9.72. The van der Waals surface area contributed by atoms with E-state index in [1.165, 1.54) is 0 Å². The number of H-pyrrole nitrogens is 1. The third-order valence-corrected chi connectivity index (χ3v) is 4.03. The SMILES string of the molecule is Cc1cn([Se]c2ccccc2)c(=O)[nH]c1=O. The van der Waals surface area contributed by atoms with Gasteiger partial charge in [-0.25, -0.2) is 0 Å². The summed E-state index contributed by atoms with van der Waals surface area (Å²) in [5, 5.41) is 0. The molecule has 5 heteroatoms. The van der Waals surface area contributed by atoms with Crippen molar-refractivity contribution in [1.29, 1.82) is 0 Å². The van der Waals surface area contributed by atoms with Gasteiger partial charge >= 0.3 is 98.1 Å². The fraction of sp³-hybridized carbons (Fsp3) is 0.0909. The second kappa shape index (κ2) is 4.51. The standard InChI is InChI=1S/C11H10N2O2Se/c1-8-7-13(11(15)12-10(8)14)16-9-5-3-2-4-6-9/h2-7H,1H3,(H,12,14,15). The molecule has 2 aromatic rings. The molecule has 0 aliphatic heterocycles. The van der Waals surface area contributed by atoms with Gasteiger partial charge in [0.2, 0.25) is 0 Å². The summed E-state index contributed by atoms with van der Waals surface area (Å²) in [6.45, 7) is 1.69. The summed E-state index contributed by atoms with van der Waals surface area (Å²) in [5.74, 6) is 0. The van der Waals surface area contributed by atoms with E-state index in [0.29, 0.717) is 5.56 Å². The van der Waals surface area contributed by atoms with E-state index in [-0.39, 0.29) is 26.4 Å². The van der Waals surface area contributed by atoms with Crippen LogP contribution in [-0.2, 0) is 0 Å². The van der Waals surface area contributed by atoms with Crippen LogP contribution >= 0.6 is 0 Å². The minimum absolute atomic E-state index is 0.132. The van der Waals surface area contributed by atoms with E-state index in [4.69, 9.17) is 0 Å². The Morgan fingerprint density at radius 3 is 2.56 bits per heavy atom. The molecule has 1 aromatic heterocycles. The molecule has 4 nitrogen and oxygen atoms in total. The Morgan fingerprint density at radius 1 is 1.19 bits per heavy atom. The topological polar surface area (TPSA) is 54.9 Å². The molecule has 1 heterocycles. The van der Waals surface area contributed by atoms with Crippen molar-refractivity contribution >= 4 is 19.6 Å². The van der Waals surface area contributed by atoms with Crippen LogP contribution in [0.15, 0.2) is 46.1 Å². The first kappa shape index (κ1) is 10.9. The molecule has 1 N–H and O–H groups in total. The van der Waals surface area contributed by atoms with E-state index in [2.05, 4.69) is 4.98 Å². The van der Waals surface area contributed by atoms with Crippen molar-refractivity contribution in [1.82, 2.24) is 8.57 Å². The Balaban J connectivity index is 2.40. The van der Waals surface area contributed by atoms with Gasteiger partial charge in [0, 0.05) is 0 Å². The molecule has 0 aliphatic carbocycles. The zero-order valence-electron chi connectivity index (χ0n) is 8.64. The van der Waals surface area contributed by atoms with Crippen LogP contribution in [-0.4, -0.2) is 23.7 Å². The Hall–Kier alpha value is -1.58. The molecule has 0 spiro atoms. The first-order valence-electron chi connectivity index (χ1n) is 4.73. The normalized spacial score (nSPS) is 10.3. The molecule has 0 amide bonds. The maximum atomic E-state index is 11.5. The molecule has 0 atom stereocenters. The molecular weight excluding hydrogens is 271 g/mol. The molecule has 0 aliphatic rings. The summed E-state index contributed by atoms with van der Waals surface area (Å²) in [5.41, 5.74) is -0.109. The molecule has 1 aromatic carbocycles. The first-order chi connectivity index (χ1) is 7.66. The molecular formula is C11H10N2O2Se. The molecule has 0 saturated heterocycles. The van der Waals surface area contributed by atoms with Crippen molar-refractivity contribution in [3.8, 4) is 0 Å². The molecule has 0 radical (unpaired) electrons. The van der Waals surface area contributed by atoms with Gasteiger partial charge in [0.15, 0.2) is 0 Å². The second-order valence-corrected chi connectivity index (χ2v) is 5.50. The zero-order chi connectivity index (χ0) is 11.5. The average molecular weight is 281 g/mol. The van der Waals surface area contributed by atoms with Crippen molar-refractivity contribution < 1.29 is 0 Å². The van der Waals surface area contributed by atoms with Crippen LogP contribution in [0.3, 0.4) is 0 Å². The van der Waals surface area contributed by atoms with Crippen LogP contribution < -0.4 is 15.7 Å². The van der Waals surface area contributed by atoms with Crippen LogP contribution in [0.4, 0.5) is 0 Å². The van der Waals surface area contributed by atoms with Crippen LogP contribution in [0.2, 0.25) is 0 Å². The fourth-order valence-corrected chi connectivity index (χ4v) is 2.98. The number of nitrogens with one attached hydrogen (secondary N) is 1. The predicted molar refractivity (Wildman–Crippen MR) is 63.3 cm³/mol. The monoisotopic (exact) mass is 282 g/mol. The van der Waals surface area contributed by atoms with Gasteiger partial charge in [-0.1, -0.05) is 0 Å². The summed E-state index contributed by atoms with van der Waals surface area (Å²) in [6.07, 6.45) is 1.61. The Morgan fingerprint density at radius 2 is 1.88 bits per heavy atom. The number of nitrogens with zero attached hydrogens (tertiary/aromatic N) is 1. The maximum absolute atomic E-state index is 11.5. The number of hydrogen-bond acceptors (Lipinski definition) is 2. The molecule has 2 rings (SSSR count). The van der Waals surface area contributed by atoms with Crippen molar-refractivity contribution in [3.63, 3.8) is 0 Å². The van der Waals surface area contributed by atoms with Gasteiger partial charge in [-0.05, 0) is 0 Å². The van der Waals surface area contributed by atoms with Crippen molar-refractivity contribution in [2.24, 2.45) is 0 Å². The molecule has 0 unspecified atom stereocenters. The number of rotatable bonds is 2. The number of aromatic amines is 1. The van der Waals surface area contributed by atoms with Gasteiger partial charge in [0.1, 0.15) is 0 Å². The van der Waals surface area contributed by atoms with Gasteiger partial charge < -0.3 is 0 Å². The first-order valence-corrected chi connectivity index (χ1v) is 6.35. The number of benzene rings is 1. The van der Waals surface area contributed by atoms with E-state index in [0.717, 1.165) is 4.46 Å². The molecule has 0 fully saturated rings. The predicted octanol–water partition coefficient (Wildman–Crippen LogP) is -0.362. The van der Waals surface area contributed by atoms with Crippen LogP contribution in [0, 0.1) is 6.92 Å². The summed E-state index contributed by atoms with van der Waals surface area (Å²) >= 11 is -0.132. The van der Waals surface area contributed by atoms with E-state index in [9.17, 15) is 9.59 Å². The van der Waals surface area contributed by atoms with Crippen molar-refractivity contribution in [2.45, 2.75) is 6.92 Å². The number of aromatic nitrogens is 2. The van der Waals surface area contributed by atoms with E-state index in [1.807, 2.05) is 30.3 Å². The van der Waals surface area contributed by atoms with Gasteiger partial charge in [-0.2, -0.15) is 0 Å². The average Bonchev–Trinajstić information content (AvgIpc) is 2.27. The van der Waals surface area contributed by atoms with Crippen molar-refractivity contribution in [2.75, 3.05) is 0 Å². The number of aryl methyl sites for hydroxylation is 1.